The van der Waals surface area contributed by atoms with Crippen LogP contribution in [-0.4, -0.2) is 16.2 Å². The number of hydrogen-bond acceptors (Lipinski definition) is 2. The van der Waals surface area contributed by atoms with Crippen molar-refractivity contribution in [2.45, 2.75) is 44.6 Å². The quantitative estimate of drug-likeness (QED) is 0.429. The van der Waals surface area contributed by atoms with Crippen LogP contribution in [0.25, 0.3) is 0 Å². The monoisotopic (exact) mass is 392 g/mol. The summed E-state index contributed by atoms with van der Waals surface area (Å²) in [6.45, 7) is 1.28. The van der Waals surface area contributed by atoms with E-state index in [0.29, 0.717) is 5.92 Å². The minimum Gasteiger partial charge on any atom is -0.423 e. The van der Waals surface area contributed by atoms with Gasteiger partial charge < -0.3 is 4.74 Å². The fourth-order valence-corrected chi connectivity index (χ4v) is 4.51. The van der Waals surface area contributed by atoms with Crippen molar-refractivity contribution in [3.05, 3.63) is 64.5 Å². The molecule has 6 heteroatoms. The highest BCUT2D eigenvalue weighted by molar-refractivity contribution is 6.08. The van der Waals surface area contributed by atoms with Crippen molar-refractivity contribution in [1.82, 2.24) is 0 Å². The van der Waals surface area contributed by atoms with Crippen LogP contribution >= 0.6 is 0 Å². The van der Waals surface area contributed by atoms with E-state index in [4.69, 9.17) is 4.74 Å². The van der Waals surface area contributed by atoms with Crippen LogP contribution in [0.2, 0.25) is 6.04 Å². The Balaban J connectivity index is 1.73. The molecule has 1 fully saturated rings. The molecule has 0 amide bonds. The van der Waals surface area contributed by atoms with Crippen molar-refractivity contribution in [1.29, 1.82) is 0 Å². The van der Waals surface area contributed by atoms with Crippen LogP contribution in [-0.2, 0) is 0 Å². The Kier molecular flexibility index (Phi) is 6.04. The minimum absolute atomic E-state index is 0.162. The number of carbonyl (C=O) groups excluding carboxylic acids is 1. The second-order valence-electron chi connectivity index (χ2n) is 7.27. The van der Waals surface area contributed by atoms with Crippen LogP contribution in [0.15, 0.2) is 30.3 Å². The summed E-state index contributed by atoms with van der Waals surface area (Å²) < 4.78 is 46.6. The summed E-state index contributed by atoms with van der Waals surface area (Å²) in [7, 11) is 1.22. The molecule has 2 aromatic rings. The van der Waals surface area contributed by atoms with Gasteiger partial charge in [-0.3, -0.25) is 0 Å². The van der Waals surface area contributed by atoms with Gasteiger partial charge in [0.15, 0.2) is 0 Å². The van der Waals surface area contributed by atoms with Crippen LogP contribution in [0.5, 0.6) is 5.75 Å². The topological polar surface area (TPSA) is 26.3 Å². The van der Waals surface area contributed by atoms with Crippen LogP contribution in [0, 0.1) is 30.3 Å². The van der Waals surface area contributed by atoms with Gasteiger partial charge in [0.2, 0.25) is 0 Å². The second kappa shape index (κ2) is 8.29. The first-order chi connectivity index (χ1) is 12.9. The van der Waals surface area contributed by atoms with E-state index in [-0.39, 0.29) is 16.9 Å². The number of esters is 1. The van der Waals surface area contributed by atoms with Crippen molar-refractivity contribution in [2.24, 2.45) is 5.92 Å². The van der Waals surface area contributed by atoms with Crippen molar-refractivity contribution >= 4 is 16.2 Å². The maximum atomic E-state index is 14.5. The molecule has 0 unspecified atom stereocenters. The maximum Gasteiger partial charge on any atom is 0.346 e. The molecule has 2 aromatic carbocycles. The Labute approximate surface area is 160 Å². The highest BCUT2D eigenvalue weighted by Crippen LogP contribution is 2.37. The summed E-state index contributed by atoms with van der Waals surface area (Å²) >= 11 is 0. The Morgan fingerprint density at radius 2 is 1.67 bits per heavy atom. The Morgan fingerprint density at radius 1 is 1.04 bits per heavy atom. The molecule has 1 aliphatic carbocycles. The molecule has 0 bridgehead atoms. The average molecular weight is 392 g/mol. The molecular formula is C21H23F3O2Si. The predicted molar refractivity (Wildman–Crippen MR) is 102 cm³/mol. The van der Waals surface area contributed by atoms with E-state index < -0.39 is 23.4 Å². The van der Waals surface area contributed by atoms with Crippen molar-refractivity contribution in [2.75, 3.05) is 0 Å². The summed E-state index contributed by atoms with van der Waals surface area (Å²) in [5.41, 5.74) is 0.488. The Bertz CT molecular complexity index is 822. The third-order valence-corrected chi connectivity index (χ3v) is 6.73. The molecule has 3 rings (SSSR count). The van der Waals surface area contributed by atoms with Crippen molar-refractivity contribution in [3.63, 3.8) is 0 Å². The van der Waals surface area contributed by atoms with Crippen molar-refractivity contribution < 1.29 is 22.7 Å². The lowest BCUT2D eigenvalue weighted by molar-refractivity contribution is 0.0729. The van der Waals surface area contributed by atoms with E-state index >= 15 is 0 Å². The minimum atomic E-state index is -0.971. The number of carbonyl (C=O) groups is 1. The van der Waals surface area contributed by atoms with E-state index in [2.05, 4.69) is 0 Å². The van der Waals surface area contributed by atoms with Crippen LogP contribution in [0.4, 0.5) is 13.2 Å². The lowest BCUT2D eigenvalue weighted by Crippen LogP contribution is -2.15. The number of hydrogen-bond donors (Lipinski definition) is 0. The molecule has 0 spiro atoms. The first-order valence-electron chi connectivity index (χ1n) is 9.36. The lowest BCUT2D eigenvalue weighted by Gasteiger charge is -2.28. The van der Waals surface area contributed by atoms with Gasteiger partial charge >= 0.3 is 5.97 Å². The molecule has 0 radical (unpaired) electrons. The summed E-state index contributed by atoms with van der Waals surface area (Å²) in [5.74, 6) is -2.45. The maximum absolute atomic E-state index is 14.5. The molecule has 0 aromatic heterocycles. The molecule has 0 atom stereocenters. The third kappa shape index (κ3) is 4.43. The van der Waals surface area contributed by atoms with E-state index in [9.17, 15) is 18.0 Å². The number of rotatable bonds is 4. The van der Waals surface area contributed by atoms with Gasteiger partial charge in [-0.05, 0) is 49.3 Å². The smallest absolute Gasteiger partial charge is 0.346 e. The van der Waals surface area contributed by atoms with Crippen LogP contribution in [0.3, 0.4) is 0 Å². The molecule has 0 aliphatic heterocycles. The van der Waals surface area contributed by atoms with Gasteiger partial charge in [-0.1, -0.05) is 25.0 Å². The first kappa shape index (κ1) is 19.7. The normalized spacial score (nSPS) is 19.9. The molecule has 0 N–H and O–H groups in total. The van der Waals surface area contributed by atoms with Gasteiger partial charge in [0.1, 0.15) is 23.2 Å². The molecule has 1 aliphatic rings. The van der Waals surface area contributed by atoms with Gasteiger partial charge in [-0.25, -0.2) is 18.0 Å². The zero-order valence-corrected chi connectivity index (χ0v) is 17.5. The molecular weight excluding hydrogens is 369 g/mol. The zero-order valence-electron chi connectivity index (χ0n) is 15.5. The van der Waals surface area contributed by atoms with Gasteiger partial charge in [0, 0.05) is 27.9 Å². The molecule has 27 heavy (non-hydrogen) atoms. The van der Waals surface area contributed by atoms with Crippen molar-refractivity contribution in [3.8, 4) is 5.75 Å². The number of benzene rings is 2. The summed E-state index contributed by atoms with van der Waals surface area (Å²) in [6, 6.07) is 7.67. The van der Waals surface area contributed by atoms with E-state index in [0.717, 1.165) is 36.5 Å². The first-order valence-corrected chi connectivity index (χ1v) is 10.8. The fraction of sp³-hybridized carbons (Fsp3) is 0.381. The molecule has 0 heterocycles. The number of ether oxygens (including phenoxy) is 1. The lowest BCUT2D eigenvalue weighted by atomic mass is 9.79. The van der Waals surface area contributed by atoms with E-state index in [1.165, 1.54) is 48.2 Å². The zero-order chi connectivity index (χ0) is 19.6. The Morgan fingerprint density at radius 3 is 2.22 bits per heavy atom. The largest absolute Gasteiger partial charge is 0.423 e. The van der Waals surface area contributed by atoms with Crippen LogP contribution in [0.1, 0.15) is 53.1 Å². The van der Waals surface area contributed by atoms with E-state index in [1.54, 1.807) is 6.07 Å². The second-order valence-corrected chi connectivity index (χ2v) is 8.08. The molecule has 144 valence electrons. The average Bonchev–Trinajstić information content (AvgIpc) is 2.66. The summed E-state index contributed by atoms with van der Waals surface area (Å²) in [6.07, 6.45) is 4.42. The van der Waals surface area contributed by atoms with Gasteiger partial charge in [-0.2, -0.15) is 0 Å². The van der Waals surface area contributed by atoms with Gasteiger partial charge in [0.25, 0.3) is 0 Å². The molecule has 2 nitrogen and oxygen atoms in total. The Hall–Kier alpha value is -2.08. The SMILES string of the molecule is Cc1c(F)cc(OC(=O)c2ccc(C3CCC(C[SiH3])CC3)cc2F)cc1F. The third-order valence-electron chi connectivity index (χ3n) is 5.57. The van der Waals surface area contributed by atoms with E-state index in [1.807, 2.05) is 0 Å². The standard InChI is InChI=1S/C21H23F3O2Si/c1-12-18(22)9-16(10-19(12)23)26-21(25)17-7-6-15(8-20(17)24)14-4-2-13(11-27)3-5-14/h6-10,13-14H,2-5,11H2,1,27H3. The fourth-order valence-electron chi connectivity index (χ4n) is 3.70. The highest BCUT2D eigenvalue weighted by Gasteiger charge is 2.23. The van der Waals surface area contributed by atoms with Gasteiger partial charge in [0.05, 0.1) is 5.56 Å². The molecule has 1 saturated carbocycles. The van der Waals surface area contributed by atoms with Gasteiger partial charge in [-0.15, -0.1) is 0 Å². The highest BCUT2D eigenvalue weighted by atomic mass is 28.1. The summed E-state index contributed by atoms with van der Waals surface area (Å²) in [4.78, 5) is 12.2. The molecule has 0 saturated heterocycles. The van der Waals surface area contributed by atoms with Crippen LogP contribution < -0.4 is 4.74 Å². The number of halogens is 3. The summed E-state index contributed by atoms with van der Waals surface area (Å²) in [5, 5.41) is 0. The predicted octanol–water partition coefficient (Wildman–Crippen LogP) is 4.69.